The summed E-state index contributed by atoms with van der Waals surface area (Å²) in [4.78, 5) is 0.0897. The Hall–Kier alpha value is -0.990. The Morgan fingerprint density at radius 3 is 2.33 bits per heavy atom. The maximum absolute atomic E-state index is 12.1. The van der Waals surface area contributed by atoms with Crippen LogP contribution in [0.5, 0.6) is 0 Å². The lowest BCUT2D eigenvalue weighted by Gasteiger charge is -2.16. The number of aryl methyl sites for hydroxylation is 1. The minimum absolute atomic E-state index is 0.0897. The van der Waals surface area contributed by atoms with Crippen molar-refractivity contribution in [2.24, 2.45) is 0 Å². The fourth-order valence-corrected chi connectivity index (χ4v) is 3.05. The summed E-state index contributed by atoms with van der Waals surface area (Å²) in [6.07, 6.45) is -1.24. The van der Waals surface area contributed by atoms with Gasteiger partial charge in [0.1, 0.15) is 12.2 Å². The third-order valence-electron chi connectivity index (χ3n) is 3.16. The van der Waals surface area contributed by atoms with Crippen LogP contribution >= 0.6 is 0 Å². The second-order valence-electron chi connectivity index (χ2n) is 5.45. The Balaban J connectivity index is 2.03. The maximum Gasteiger partial charge on any atom is 0.297 e. The van der Waals surface area contributed by atoms with Crippen LogP contribution in [-0.4, -0.2) is 44.7 Å². The van der Waals surface area contributed by atoms with Crippen LogP contribution in [0.15, 0.2) is 29.2 Å². The Labute approximate surface area is 124 Å². The minimum Gasteiger partial charge on any atom is -0.394 e. The van der Waals surface area contributed by atoms with Crippen molar-refractivity contribution >= 4 is 10.1 Å². The van der Waals surface area contributed by atoms with Gasteiger partial charge in [-0.3, -0.25) is 4.18 Å². The lowest BCUT2D eigenvalue weighted by Crippen LogP contribution is -2.31. The molecule has 118 valence electrons. The molecule has 2 rings (SSSR count). The van der Waals surface area contributed by atoms with Crippen molar-refractivity contribution in [1.82, 2.24) is 0 Å². The average molecular weight is 316 g/mol. The van der Waals surface area contributed by atoms with Gasteiger partial charge in [0, 0.05) is 0 Å². The van der Waals surface area contributed by atoms with E-state index in [-0.39, 0.29) is 18.1 Å². The molecule has 0 aliphatic carbocycles. The molecule has 1 saturated heterocycles. The molecule has 1 aromatic carbocycles. The highest BCUT2D eigenvalue weighted by atomic mass is 32.2. The van der Waals surface area contributed by atoms with Crippen molar-refractivity contribution < 1.29 is 27.2 Å². The Kier molecular flexibility index (Phi) is 4.69. The maximum atomic E-state index is 12.1. The summed E-state index contributed by atoms with van der Waals surface area (Å²) in [6, 6.07) is 6.38. The molecule has 21 heavy (non-hydrogen) atoms. The van der Waals surface area contributed by atoms with Crippen LogP contribution in [0, 0.1) is 6.92 Å². The number of rotatable bonds is 5. The summed E-state index contributed by atoms with van der Waals surface area (Å²) in [5, 5.41) is 9.24. The molecule has 2 atom stereocenters. The molecule has 1 heterocycles. The van der Waals surface area contributed by atoms with Gasteiger partial charge in [-0.05, 0) is 32.9 Å². The molecule has 1 N–H and O–H groups in total. The van der Waals surface area contributed by atoms with Crippen molar-refractivity contribution in [3.05, 3.63) is 29.8 Å². The van der Waals surface area contributed by atoms with E-state index in [1.54, 1.807) is 26.0 Å². The van der Waals surface area contributed by atoms with E-state index in [1.165, 1.54) is 12.1 Å². The average Bonchev–Trinajstić information content (AvgIpc) is 2.72. The minimum atomic E-state index is -3.85. The monoisotopic (exact) mass is 316 g/mol. The molecule has 6 nitrogen and oxygen atoms in total. The molecular weight excluding hydrogens is 296 g/mol. The lowest BCUT2D eigenvalue weighted by molar-refractivity contribution is -0.150. The van der Waals surface area contributed by atoms with Crippen molar-refractivity contribution in [3.8, 4) is 0 Å². The van der Waals surface area contributed by atoms with E-state index in [0.717, 1.165) is 5.56 Å². The second-order valence-corrected chi connectivity index (χ2v) is 7.06. The first-order chi connectivity index (χ1) is 9.73. The zero-order valence-electron chi connectivity index (χ0n) is 12.3. The zero-order chi connectivity index (χ0) is 15.7. The molecule has 1 aliphatic heterocycles. The summed E-state index contributed by atoms with van der Waals surface area (Å²) in [7, 11) is -3.85. The fraction of sp³-hybridized carbons (Fsp3) is 0.571. The van der Waals surface area contributed by atoms with Crippen LogP contribution in [0.1, 0.15) is 19.4 Å². The van der Waals surface area contributed by atoms with Crippen LogP contribution < -0.4 is 0 Å². The van der Waals surface area contributed by atoms with E-state index in [9.17, 15) is 13.5 Å². The van der Waals surface area contributed by atoms with Crippen molar-refractivity contribution in [2.45, 2.75) is 43.7 Å². The quantitative estimate of drug-likeness (QED) is 0.822. The normalized spacial score (nSPS) is 25.1. The number of aliphatic hydroxyl groups excluding tert-OH is 1. The molecule has 0 amide bonds. The molecule has 0 saturated carbocycles. The number of benzene rings is 1. The van der Waals surface area contributed by atoms with Gasteiger partial charge in [0.2, 0.25) is 0 Å². The third-order valence-corrected chi connectivity index (χ3v) is 4.46. The predicted molar refractivity (Wildman–Crippen MR) is 75.2 cm³/mol. The van der Waals surface area contributed by atoms with Gasteiger partial charge in [0.25, 0.3) is 10.1 Å². The number of hydrogen-bond donors (Lipinski definition) is 1. The van der Waals surface area contributed by atoms with Crippen molar-refractivity contribution in [2.75, 3.05) is 13.2 Å². The van der Waals surface area contributed by atoms with E-state index in [2.05, 4.69) is 0 Å². The zero-order valence-corrected chi connectivity index (χ0v) is 13.1. The molecule has 0 radical (unpaired) electrons. The Morgan fingerprint density at radius 2 is 1.76 bits per heavy atom. The highest BCUT2D eigenvalue weighted by Crippen LogP contribution is 2.28. The van der Waals surface area contributed by atoms with E-state index in [0.29, 0.717) is 0 Å². The highest BCUT2D eigenvalue weighted by Gasteiger charge is 2.41. The third kappa shape index (κ3) is 4.02. The Morgan fingerprint density at radius 1 is 1.19 bits per heavy atom. The summed E-state index contributed by atoms with van der Waals surface area (Å²) >= 11 is 0. The summed E-state index contributed by atoms with van der Waals surface area (Å²) in [5.74, 6) is -0.866. The molecule has 0 spiro atoms. The van der Waals surface area contributed by atoms with Crippen LogP contribution in [0.2, 0.25) is 0 Å². The van der Waals surface area contributed by atoms with Gasteiger partial charge >= 0.3 is 0 Å². The van der Waals surface area contributed by atoms with E-state index in [4.69, 9.17) is 13.7 Å². The molecule has 2 unspecified atom stereocenters. The van der Waals surface area contributed by atoms with E-state index >= 15 is 0 Å². The van der Waals surface area contributed by atoms with Crippen LogP contribution in [-0.2, 0) is 23.8 Å². The molecular formula is C14H20O6S. The van der Waals surface area contributed by atoms with Gasteiger partial charge in [0.05, 0.1) is 18.1 Å². The van der Waals surface area contributed by atoms with E-state index in [1.807, 2.05) is 6.92 Å². The highest BCUT2D eigenvalue weighted by molar-refractivity contribution is 7.86. The number of ether oxygens (including phenoxy) is 2. The smallest absolute Gasteiger partial charge is 0.297 e. The first-order valence-electron chi connectivity index (χ1n) is 6.66. The largest absolute Gasteiger partial charge is 0.394 e. The molecule has 7 heteroatoms. The van der Waals surface area contributed by atoms with Crippen LogP contribution in [0.4, 0.5) is 0 Å². The molecule has 1 aliphatic rings. The van der Waals surface area contributed by atoms with Crippen LogP contribution in [0.25, 0.3) is 0 Å². The molecule has 0 aromatic heterocycles. The SMILES string of the molecule is Cc1ccc(S(=O)(=O)OCC2OC(C)(C)OC2CO)cc1. The van der Waals surface area contributed by atoms with Crippen molar-refractivity contribution in [1.29, 1.82) is 0 Å². The molecule has 1 fully saturated rings. The molecule has 1 aromatic rings. The van der Waals surface area contributed by atoms with E-state index < -0.39 is 28.1 Å². The molecule has 0 bridgehead atoms. The summed E-state index contributed by atoms with van der Waals surface area (Å²) in [6.45, 7) is 4.80. The fourth-order valence-electron chi connectivity index (χ4n) is 2.13. The van der Waals surface area contributed by atoms with Gasteiger partial charge in [0.15, 0.2) is 5.79 Å². The first kappa shape index (κ1) is 16.4. The Bertz CT molecular complexity index is 578. The summed E-state index contributed by atoms with van der Waals surface area (Å²) < 4.78 is 40.2. The van der Waals surface area contributed by atoms with Gasteiger partial charge < -0.3 is 14.6 Å². The van der Waals surface area contributed by atoms with Gasteiger partial charge in [-0.1, -0.05) is 17.7 Å². The van der Waals surface area contributed by atoms with Crippen molar-refractivity contribution in [3.63, 3.8) is 0 Å². The van der Waals surface area contributed by atoms with Gasteiger partial charge in [-0.2, -0.15) is 8.42 Å². The van der Waals surface area contributed by atoms with Crippen LogP contribution in [0.3, 0.4) is 0 Å². The number of hydrogen-bond acceptors (Lipinski definition) is 6. The second kappa shape index (κ2) is 6.02. The van der Waals surface area contributed by atoms with Gasteiger partial charge in [-0.15, -0.1) is 0 Å². The number of aliphatic hydroxyl groups is 1. The first-order valence-corrected chi connectivity index (χ1v) is 8.07. The summed E-state index contributed by atoms with van der Waals surface area (Å²) in [5.41, 5.74) is 0.962. The lowest BCUT2D eigenvalue weighted by atomic mass is 10.2. The topological polar surface area (TPSA) is 82.1 Å². The predicted octanol–water partition coefficient (Wildman–Crippen LogP) is 1.21. The standard InChI is InChI=1S/C14H20O6S/c1-10-4-6-11(7-5-10)21(16,17)18-9-13-12(8-15)19-14(2,3)20-13/h4-7,12-13,15H,8-9H2,1-3H3. The van der Waals surface area contributed by atoms with Gasteiger partial charge in [-0.25, -0.2) is 0 Å².